The number of rotatable bonds is 5. The van der Waals surface area contributed by atoms with E-state index in [0.29, 0.717) is 34.6 Å². The molecule has 0 saturated carbocycles. The van der Waals surface area contributed by atoms with Crippen LogP contribution < -0.4 is 0 Å². The van der Waals surface area contributed by atoms with Gasteiger partial charge >= 0.3 is 12.4 Å². The molecule has 0 atom stereocenters. The van der Waals surface area contributed by atoms with Crippen LogP contribution in [0.5, 0.6) is 0 Å². The minimum absolute atomic E-state index is 0.0504. The molecule has 206 valence electrons. The molecule has 41 heavy (non-hydrogen) atoms. The topological polar surface area (TPSA) is 95.7 Å². The first kappa shape index (κ1) is 26.0. The van der Waals surface area contributed by atoms with Crippen LogP contribution in [0.3, 0.4) is 0 Å². The van der Waals surface area contributed by atoms with E-state index in [1.807, 2.05) is 6.07 Å². The SMILES string of the molecule is FC(F)(F)c1cc(-c2ccc(-n3nc(-c4nnco4)c(-c4nnco4)c3-c3ccccc3)cc2)cc(C(F)(F)F)c1. The van der Waals surface area contributed by atoms with E-state index in [0.717, 1.165) is 12.8 Å². The molecule has 0 unspecified atom stereocenters. The molecule has 6 rings (SSSR count). The normalized spacial score (nSPS) is 12.1. The van der Waals surface area contributed by atoms with E-state index in [9.17, 15) is 26.3 Å². The summed E-state index contributed by atoms with van der Waals surface area (Å²) in [4.78, 5) is 0. The zero-order chi connectivity index (χ0) is 28.8. The molecule has 3 aromatic heterocycles. The molecule has 3 heterocycles. The molecule has 14 heteroatoms. The van der Waals surface area contributed by atoms with Crippen molar-refractivity contribution in [3.63, 3.8) is 0 Å². The summed E-state index contributed by atoms with van der Waals surface area (Å²) < 4.78 is 92.8. The van der Waals surface area contributed by atoms with E-state index >= 15 is 0 Å². The Morgan fingerprint density at radius 3 is 1.73 bits per heavy atom. The molecular formula is C27H14F6N6O2. The fourth-order valence-electron chi connectivity index (χ4n) is 4.29. The fraction of sp³-hybridized carbons (Fsp3) is 0.0741. The summed E-state index contributed by atoms with van der Waals surface area (Å²) in [7, 11) is 0. The second-order valence-corrected chi connectivity index (χ2v) is 8.68. The number of hydrogen-bond acceptors (Lipinski definition) is 7. The highest BCUT2D eigenvalue weighted by molar-refractivity contribution is 5.87. The van der Waals surface area contributed by atoms with Crippen LogP contribution in [0.2, 0.25) is 0 Å². The third-order valence-corrected chi connectivity index (χ3v) is 6.10. The van der Waals surface area contributed by atoms with Gasteiger partial charge in [-0.05, 0) is 41.5 Å². The van der Waals surface area contributed by atoms with Gasteiger partial charge < -0.3 is 8.83 Å². The van der Waals surface area contributed by atoms with Crippen molar-refractivity contribution in [3.8, 4) is 51.1 Å². The monoisotopic (exact) mass is 568 g/mol. The zero-order valence-corrected chi connectivity index (χ0v) is 20.4. The number of aromatic nitrogens is 6. The van der Waals surface area contributed by atoms with E-state index in [-0.39, 0.29) is 34.7 Å². The van der Waals surface area contributed by atoms with Crippen LogP contribution in [0.4, 0.5) is 26.3 Å². The molecule has 0 spiro atoms. The number of halogens is 6. The van der Waals surface area contributed by atoms with Crippen molar-refractivity contribution in [2.24, 2.45) is 0 Å². The van der Waals surface area contributed by atoms with Gasteiger partial charge in [0.1, 0.15) is 0 Å². The maximum absolute atomic E-state index is 13.4. The lowest BCUT2D eigenvalue weighted by Gasteiger charge is -2.15. The Balaban J connectivity index is 1.52. The van der Waals surface area contributed by atoms with Crippen molar-refractivity contribution in [1.29, 1.82) is 0 Å². The summed E-state index contributed by atoms with van der Waals surface area (Å²) in [6.45, 7) is 0. The number of nitrogens with zero attached hydrogens (tertiary/aromatic N) is 6. The number of benzene rings is 3. The Morgan fingerprint density at radius 2 is 1.20 bits per heavy atom. The van der Waals surface area contributed by atoms with Crippen LogP contribution in [0.25, 0.3) is 51.1 Å². The summed E-state index contributed by atoms with van der Waals surface area (Å²) in [6, 6.07) is 16.3. The predicted molar refractivity (Wildman–Crippen MR) is 131 cm³/mol. The molecule has 3 aromatic carbocycles. The van der Waals surface area contributed by atoms with Gasteiger partial charge in [0.2, 0.25) is 12.8 Å². The Kier molecular flexibility index (Phi) is 6.16. The van der Waals surface area contributed by atoms with Crippen molar-refractivity contribution in [3.05, 3.63) is 96.7 Å². The second kappa shape index (κ2) is 9.73. The lowest BCUT2D eigenvalue weighted by molar-refractivity contribution is -0.143. The van der Waals surface area contributed by atoms with Gasteiger partial charge in [0.25, 0.3) is 11.8 Å². The third kappa shape index (κ3) is 4.95. The first-order valence-corrected chi connectivity index (χ1v) is 11.7. The van der Waals surface area contributed by atoms with E-state index < -0.39 is 23.5 Å². The standard InChI is InChI=1S/C27H14F6N6O2/c28-26(29,30)18-10-17(11-19(12-18)27(31,32)33)15-6-8-20(9-7-15)39-23(16-4-2-1-3-5-16)21(24-36-34-13-40-24)22(38-39)25-37-35-14-41-25/h1-14H. The van der Waals surface area contributed by atoms with E-state index in [1.165, 1.54) is 28.9 Å². The highest BCUT2D eigenvalue weighted by atomic mass is 19.4. The molecule has 0 aliphatic carbocycles. The summed E-state index contributed by atoms with van der Waals surface area (Å²) in [5.74, 6) is 0.151. The number of hydrogen-bond donors (Lipinski definition) is 0. The molecule has 8 nitrogen and oxygen atoms in total. The third-order valence-electron chi connectivity index (χ3n) is 6.10. The van der Waals surface area contributed by atoms with Crippen LogP contribution in [0.1, 0.15) is 11.1 Å². The summed E-state index contributed by atoms with van der Waals surface area (Å²) >= 11 is 0. The van der Waals surface area contributed by atoms with Gasteiger partial charge in [-0.3, -0.25) is 0 Å². The molecule has 0 fully saturated rings. The summed E-state index contributed by atoms with van der Waals surface area (Å²) in [5.41, 5.74) is -0.769. The highest BCUT2D eigenvalue weighted by Gasteiger charge is 2.37. The average molecular weight is 568 g/mol. The first-order valence-electron chi connectivity index (χ1n) is 11.7. The van der Waals surface area contributed by atoms with E-state index in [4.69, 9.17) is 8.83 Å². The van der Waals surface area contributed by atoms with Gasteiger partial charge in [-0.15, -0.1) is 20.4 Å². The molecule has 0 saturated heterocycles. The minimum Gasteiger partial charge on any atom is -0.423 e. The minimum atomic E-state index is -4.97. The second-order valence-electron chi connectivity index (χ2n) is 8.68. The maximum Gasteiger partial charge on any atom is 0.416 e. The van der Waals surface area contributed by atoms with Crippen molar-refractivity contribution in [2.75, 3.05) is 0 Å². The summed E-state index contributed by atoms with van der Waals surface area (Å²) in [5, 5.41) is 20.1. The molecular weight excluding hydrogens is 554 g/mol. The van der Waals surface area contributed by atoms with Crippen molar-refractivity contribution < 1.29 is 35.2 Å². The van der Waals surface area contributed by atoms with Crippen LogP contribution in [-0.2, 0) is 12.4 Å². The average Bonchev–Trinajstić information content (AvgIpc) is 3.73. The zero-order valence-electron chi connectivity index (χ0n) is 20.4. The quantitative estimate of drug-likeness (QED) is 0.201. The highest BCUT2D eigenvalue weighted by Crippen LogP contribution is 2.41. The van der Waals surface area contributed by atoms with Crippen LogP contribution in [-0.4, -0.2) is 30.2 Å². The molecule has 0 amide bonds. The largest absolute Gasteiger partial charge is 0.423 e. The Hall–Kier alpha value is -5.27. The Morgan fingerprint density at radius 1 is 0.610 bits per heavy atom. The molecule has 0 N–H and O–H groups in total. The lowest BCUT2D eigenvalue weighted by Crippen LogP contribution is -2.11. The van der Waals surface area contributed by atoms with E-state index in [1.54, 1.807) is 24.3 Å². The predicted octanol–water partition coefficient (Wildman–Crippen LogP) is 7.34. The van der Waals surface area contributed by atoms with Crippen molar-refractivity contribution in [2.45, 2.75) is 12.4 Å². The first-order chi connectivity index (χ1) is 19.6. The van der Waals surface area contributed by atoms with Gasteiger partial charge in [-0.1, -0.05) is 42.5 Å². The van der Waals surface area contributed by atoms with Crippen LogP contribution >= 0.6 is 0 Å². The maximum atomic E-state index is 13.4. The fourth-order valence-corrected chi connectivity index (χ4v) is 4.29. The summed E-state index contributed by atoms with van der Waals surface area (Å²) in [6.07, 6.45) is -7.68. The molecule has 0 radical (unpaired) electrons. The van der Waals surface area contributed by atoms with Gasteiger partial charge in [0, 0.05) is 5.56 Å². The molecule has 0 aliphatic heterocycles. The Bertz CT molecular complexity index is 1760. The number of alkyl halides is 6. The van der Waals surface area contributed by atoms with Gasteiger partial charge in [0.15, 0.2) is 5.69 Å². The molecule has 0 bridgehead atoms. The van der Waals surface area contributed by atoms with Gasteiger partial charge in [-0.25, -0.2) is 4.68 Å². The smallest absolute Gasteiger partial charge is 0.416 e. The van der Waals surface area contributed by atoms with Gasteiger partial charge in [-0.2, -0.15) is 31.4 Å². The van der Waals surface area contributed by atoms with Crippen LogP contribution in [0, 0.1) is 0 Å². The lowest BCUT2D eigenvalue weighted by atomic mass is 9.99. The molecule has 0 aliphatic rings. The molecule has 6 aromatic rings. The Labute approximate surface area is 225 Å². The van der Waals surface area contributed by atoms with Crippen molar-refractivity contribution >= 4 is 0 Å². The van der Waals surface area contributed by atoms with Crippen molar-refractivity contribution in [1.82, 2.24) is 30.2 Å². The van der Waals surface area contributed by atoms with E-state index in [2.05, 4.69) is 25.5 Å². The van der Waals surface area contributed by atoms with Gasteiger partial charge in [0.05, 0.1) is 28.1 Å². The van der Waals surface area contributed by atoms with Crippen LogP contribution in [0.15, 0.2) is 94.4 Å².